The lowest BCUT2D eigenvalue weighted by Crippen LogP contribution is -2.25. The minimum Gasteiger partial charge on any atom is -0.507 e. The normalized spacial score (nSPS) is 13.3. The van der Waals surface area contributed by atoms with Crippen LogP contribution in [0.4, 0.5) is 8.78 Å². The lowest BCUT2D eigenvalue weighted by molar-refractivity contribution is 0.399. The van der Waals surface area contributed by atoms with Gasteiger partial charge in [-0.2, -0.15) is 0 Å². The maximum atomic E-state index is 15.2. The molecule has 2 aromatic heterocycles. The van der Waals surface area contributed by atoms with Gasteiger partial charge in [-0.3, -0.25) is 0 Å². The molecule has 0 aliphatic heterocycles. The van der Waals surface area contributed by atoms with Crippen LogP contribution in [0.25, 0.3) is 33.9 Å². The molecule has 5 heteroatoms. The van der Waals surface area contributed by atoms with Crippen LogP contribution >= 0.6 is 0 Å². The highest BCUT2D eigenvalue weighted by atomic mass is 19.1. The topological polar surface area (TPSA) is 46.0 Å². The number of unbranched alkanes of at least 4 members (excludes halogenated alkanes) is 6. The van der Waals surface area contributed by atoms with Crippen molar-refractivity contribution in [1.82, 2.24) is 9.97 Å². The first kappa shape index (κ1) is 27.9. The van der Waals surface area contributed by atoms with E-state index < -0.39 is 11.6 Å². The molecule has 3 nitrogen and oxygen atoms in total. The molecule has 0 unspecified atom stereocenters. The molecule has 0 fully saturated rings. The molecule has 4 aromatic rings. The first-order chi connectivity index (χ1) is 19.5. The second-order valence-electron chi connectivity index (χ2n) is 11.0. The van der Waals surface area contributed by atoms with Gasteiger partial charge in [0.05, 0.1) is 11.4 Å². The van der Waals surface area contributed by atoms with Crippen molar-refractivity contribution in [3.05, 3.63) is 89.5 Å². The molecule has 0 bridgehead atoms. The lowest BCUT2D eigenvalue weighted by Gasteiger charge is -2.32. The molecule has 0 saturated carbocycles. The van der Waals surface area contributed by atoms with Crippen LogP contribution < -0.4 is 0 Å². The number of hydrogen-bond acceptors (Lipinski definition) is 3. The first-order valence-electron chi connectivity index (χ1n) is 14.8. The molecule has 5 rings (SSSR count). The number of rotatable bonds is 12. The molecule has 0 spiro atoms. The SMILES string of the molecule is CCCCCCC1(CCCCCC)c2ccc(-c3nc(-c4ccccc4)c(F)cc3F)nc2-c2c(O)cccc21. The van der Waals surface area contributed by atoms with E-state index in [9.17, 15) is 9.50 Å². The van der Waals surface area contributed by atoms with E-state index in [1.54, 1.807) is 30.3 Å². The fourth-order valence-corrected chi connectivity index (χ4v) is 6.32. The number of pyridine rings is 2. The largest absolute Gasteiger partial charge is 0.507 e. The Kier molecular flexibility index (Phi) is 8.58. The van der Waals surface area contributed by atoms with Crippen LogP contribution in [0.3, 0.4) is 0 Å². The summed E-state index contributed by atoms with van der Waals surface area (Å²) in [6.07, 6.45) is 11.2. The van der Waals surface area contributed by atoms with Crippen LogP contribution in [0.1, 0.15) is 89.2 Å². The second kappa shape index (κ2) is 12.3. The second-order valence-corrected chi connectivity index (χ2v) is 11.0. The van der Waals surface area contributed by atoms with Gasteiger partial charge >= 0.3 is 0 Å². The number of fused-ring (bicyclic) bond motifs is 3. The number of phenolic OH excluding ortho intramolecular Hbond substituents is 1. The minimum absolute atomic E-state index is 0.00316. The summed E-state index contributed by atoms with van der Waals surface area (Å²) < 4.78 is 30.0. The van der Waals surface area contributed by atoms with Gasteiger partial charge in [-0.15, -0.1) is 0 Å². The summed E-state index contributed by atoms with van der Waals surface area (Å²) in [5, 5.41) is 11.1. The number of aromatic nitrogens is 2. The Morgan fingerprint density at radius 1 is 0.650 bits per heavy atom. The van der Waals surface area contributed by atoms with Crippen molar-refractivity contribution >= 4 is 0 Å². The Balaban J connectivity index is 1.63. The average Bonchev–Trinajstić information content (AvgIpc) is 3.24. The van der Waals surface area contributed by atoms with Crippen LogP contribution in [0, 0.1) is 11.6 Å². The van der Waals surface area contributed by atoms with Crippen LogP contribution in [0.2, 0.25) is 0 Å². The fourth-order valence-electron chi connectivity index (χ4n) is 6.32. The van der Waals surface area contributed by atoms with Crippen molar-refractivity contribution in [3.63, 3.8) is 0 Å². The molecule has 40 heavy (non-hydrogen) atoms. The Morgan fingerprint density at radius 3 is 2.00 bits per heavy atom. The lowest BCUT2D eigenvalue weighted by atomic mass is 9.71. The third kappa shape index (κ3) is 5.26. The van der Waals surface area contributed by atoms with Gasteiger partial charge in [-0.05, 0) is 36.1 Å². The summed E-state index contributed by atoms with van der Waals surface area (Å²) in [6.45, 7) is 4.44. The molecule has 1 aliphatic carbocycles. The maximum Gasteiger partial charge on any atom is 0.154 e. The van der Waals surface area contributed by atoms with Gasteiger partial charge in [-0.25, -0.2) is 18.7 Å². The summed E-state index contributed by atoms with van der Waals surface area (Å²) in [5.74, 6) is -1.29. The zero-order valence-corrected chi connectivity index (χ0v) is 23.5. The zero-order chi connectivity index (χ0) is 28.1. The molecular formula is C35H38F2N2O. The van der Waals surface area contributed by atoms with Crippen LogP contribution in [-0.2, 0) is 5.41 Å². The van der Waals surface area contributed by atoms with Crippen molar-refractivity contribution in [2.75, 3.05) is 0 Å². The number of phenols is 1. The molecule has 0 radical (unpaired) electrons. The van der Waals surface area contributed by atoms with Crippen molar-refractivity contribution in [3.8, 4) is 39.7 Å². The average molecular weight is 541 g/mol. The number of halogens is 2. The van der Waals surface area contributed by atoms with E-state index in [1.165, 1.54) is 25.7 Å². The first-order valence-corrected chi connectivity index (χ1v) is 14.8. The standard InChI is InChI=1S/C35H38F2N2O/c1-3-5-7-12-21-35(22-13-8-6-4-2)25-17-14-18-30(40)31(25)33-26(35)19-20-29(38-33)34-28(37)23-27(36)32(39-34)24-15-10-9-11-16-24/h9-11,14-20,23,40H,3-8,12-13,21-22H2,1-2H3. The number of benzene rings is 2. The third-order valence-electron chi connectivity index (χ3n) is 8.34. The smallest absolute Gasteiger partial charge is 0.154 e. The Bertz CT molecular complexity index is 1460. The molecule has 1 aliphatic rings. The highest BCUT2D eigenvalue weighted by Gasteiger charge is 2.44. The quantitative estimate of drug-likeness (QED) is 0.182. The van der Waals surface area contributed by atoms with E-state index in [-0.39, 0.29) is 22.6 Å². The Morgan fingerprint density at radius 2 is 1.32 bits per heavy atom. The van der Waals surface area contributed by atoms with E-state index >= 15 is 4.39 Å². The highest BCUT2D eigenvalue weighted by molar-refractivity contribution is 5.84. The van der Waals surface area contributed by atoms with E-state index in [0.29, 0.717) is 17.0 Å². The number of nitrogens with zero attached hydrogens (tertiary/aromatic N) is 2. The van der Waals surface area contributed by atoms with E-state index in [2.05, 4.69) is 24.9 Å². The molecule has 0 amide bonds. The summed E-state index contributed by atoms with van der Waals surface area (Å²) >= 11 is 0. The summed E-state index contributed by atoms with van der Waals surface area (Å²) in [4.78, 5) is 9.37. The van der Waals surface area contributed by atoms with Crippen molar-refractivity contribution in [2.24, 2.45) is 0 Å². The van der Waals surface area contributed by atoms with Gasteiger partial charge in [-0.1, -0.05) is 114 Å². The van der Waals surface area contributed by atoms with Gasteiger partial charge in [0.25, 0.3) is 0 Å². The highest BCUT2D eigenvalue weighted by Crippen LogP contribution is 2.56. The molecule has 2 aromatic carbocycles. The minimum atomic E-state index is -0.759. The van der Waals surface area contributed by atoms with Crippen LogP contribution in [0.15, 0.2) is 66.7 Å². The molecule has 1 N–H and O–H groups in total. The van der Waals surface area contributed by atoms with Gasteiger partial charge in [0.1, 0.15) is 17.1 Å². The van der Waals surface area contributed by atoms with Gasteiger partial charge in [0.2, 0.25) is 0 Å². The zero-order valence-electron chi connectivity index (χ0n) is 23.5. The Hall–Kier alpha value is -3.60. The summed E-state index contributed by atoms with van der Waals surface area (Å²) in [5.41, 5.74) is 4.36. The van der Waals surface area contributed by atoms with Crippen molar-refractivity contribution < 1.29 is 13.9 Å². The fraction of sp³-hybridized carbons (Fsp3) is 0.371. The molecular weight excluding hydrogens is 502 g/mol. The van der Waals surface area contributed by atoms with Crippen molar-refractivity contribution in [2.45, 2.75) is 83.5 Å². The third-order valence-corrected chi connectivity index (χ3v) is 8.34. The van der Waals surface area contributed by atoms with Crippen molar-refractivity contribution in [1.29, 1.82) is 0 Å². The van der Waals surface area contributed by atoms with Crippen LogP contribution in [-0.4, -0.2) is 15.1 Å². The van der Waals surface area contributed by atoms with Crippen LogP contribution in [0.5, 0.6) is 5.75 Å². The summed E-state index contributed by atoms with van der Waals surface area (Å²) in [7, 11) is 0. The number of hydrogen-bond donors (Lipinski definition) is 1. The summed E-state index contributed by atoms with van der Waals surface area (Å²) in [6, 6.07) is 19.4. The molecule has 208 valence electrons. The predicted octanol–water partition coefficient (Wildman–Crippen LogP) is 10.0. The van der Waals surface area contributed by atoms with Gasteiger partial charge in [0, 0.05) is 22.6 Å². The molecule has 0 saturated heterocycles. The van der Waals surface area contributed by atoms with Gasteiger partial charge < -0.3 is 5.11 Å². The van der Waals surface area contributed by atoms with E-state index in [4.69, 9.17) is 4.98 Å². The monoisotopic (exact) mass is 540 g/mol. The maximum absolute atomic E-state index is 15.2. The molecule has 2 heterocycles. The van der Waals surface area contributed by atoms with E-state index in [0.717, 1.165) is 61.3 Å². The molecule has 0 atom stereocenters. The van der Waals surface area contributed by atoms with E-state index in [1.807, 2.05) is 24.3 Å². The predicted molar refractivity (Wildman–Crippen MR) is 158 cm³/mol. The number of aromatic hydroxyl groups is 1. The Labute approximate surface area is 236 Å². The van der Waals surface area contributed by atoms with Gasteiger partial charge in [0.15, 0.2) is 11.6 Å².